The van der Waals surface area contributed by atoms with Crippen LogP contribution in [-0.4, -0.2) is 25.9 Å². The van der Waals surface area contributed by atoms with Gasteiger partial charge in [0.25, 0.3) is 0 Å². The fourth-order valence-electron chi connectivity index (χ4n) is 0.0680. The van der Waals surface area contributed by atoms with Crippen LogP contribution in [0.2, 0.25) is 0 Å². The van der Waals surface area contributed by atoms with E-state index in [1.165, 1.54) is 0 Å². The van der Waals surface area contributed by atoms with E-state index in [4.69, 9.17) is 0 Å². The van der Waals surface area contributed by atoms with E-state index in [1.807, 2.05) is 0 Å². The van der Waals surface area contributed by atoms with Gasteiger partial charge in [-0.3, -0.25) is 0 Å². The average Bonchev–Trinajstić information content (AvgIpc) is 1.57. The molecule has 0 aliphatic carbocycles. The third-order valence-electron chi connectivity index (χ3n) is 0.194. The third kappa shape index (κ3) is 25.7. The molecule has 0 bridgehead atoms. The van der Waals surface area contributed by atoms with Gasteiger partial charge in [0.15, 0.2) is 0 Å². The predicted octanol–water partition coefficient (Wildman–Crippen LogP) is -8.14. The van der Waals surface area contributed by atoms with Crippen molar-refractivity contribution in [1.82, 2.24) is 0 Å². The first-order valence-electron chi connectivity index (χ1n) is 1.50. The van der Waals surface area contributed by atoms with E-state index in [1.54, 1.807) is 0 Å². The smallest absolute Gasteiger partial charge is 0.724 e. The van der Waals surface area contributed by atoms with Gasteiger partial charge in [0.05, 0.1) is 0 Å². The molecular formula is K2O8PdS2. The second-order valence-corrected chi connectivity index (χ2v) is 2.86. The predicted molar refractivity (Wildman–Crippen MR) is 21.6 cm³/mol. The van der Waals surface area contributed by atoms with Crippen LogP contribution in [0.25, 0.3) is 0 Å². The molecule has 0 aromatic heterocycles. The van der Waals surface area contributed by atoms with Gasteiger partial charge in [-0.15, -0.1) is 8.67 Å². The van der Waals surface area contributed by atoms with E-state index in [0.29, 0.717) is 0 Å². The van der Waals surface area contributed by atoms with Gasteiger partial charge in [-0.1, -0.05) is 0 Å². The maximum absolute atomic E-state index is 9.37. The number of hydrogen-bond acceptors (Lipinski definition) is 8. The second kappa shape index (κ2) is 10.8. The Morgan fingerprint density at radius 1 is 0.769 bits per heavy atom. The molecule has 72 valence electrons. The van der Waals surface area contributed by atoms with E-state index < -0.39 is 20.8 Å². The van der Waals surface area contributed by atoms with Crippen molar-refractivity contribution in [2.45, 2.75) is 0 Å². The molecule has 0 rings (SSSR count). The Morgan fingerprint density at radius 2 is 0.923 bits per heavy atom. The van der Waals surface area contributed by atoms with Gasteiger partial charge < -0.3 is 9.11 Å². The molecule has 8 nitrogen and oxygen atoms in total. The second-order valence-electron chi connectivity index (χ2n) is 0.953. The minimum Gasteiger partial charge on any atom is -0.724 e. The molecule has 0 aromatic carbocycles. The maximum Gasteiger partial charge on any atom is 1.00 e. The van der Waals surface area contributed by atoms with Gasteiger partial charge in [0, 0.05) is 20.4 Å². The van der Waals surface area contributed by atoms with Crippen LogP contribution in [0.1, 0.15) is 0 Å². The Labute approximate surface area is 174 Å². The summed E-state index contributed by atoms with van der Waals surface area (Å²) in [5.41, 5.74) is 0. The monoisotopic (exact) mass is 376 g/mol. The summed E-state index contributed by atoms with van der Waals surface area (Å²) in [5.74, 6) is 0. The first-order chi connectivity index (χ1) is 4.21. The fraction of sp³-hybridized carbons (Fsp3) is 0. The van der Waals surface area contributed by atoms with Crippen molar-refractivity contribution >= 4 is 20.8 Å². The molecular weight excluding hydrogens is 377 g/mol. The summed E-state index contributed by atoms with van der Waals surface area (Å²) in [6, 6.07) is 0. The third-order valence-corrected chi connectivity index (χ3v) is 0.750. The fourth-order valence-corrected chi connectivity index (χ4v) is 0.612. The molecule has 0 radical (unpaired) electrons. The molecule has 0 saturated heterocycles. The molecule has 0 atom stereocenters. The van der Waals surface area contributed by atoms with Crippen molar-refractivity contribution < 1.29 is 158 Å². The van der Waals surface area contributed by atoms with Crippen LogP contribution in [0.5, 0.6) is 0 Å². The Kier molecular flexibility index (Phi) is 21.2. The molecule has 0 aliphatic rings. The molecule has 0 saturated carbocycles. The van der Waals surface area contributed by atoms with E-state index in [0.717, 1.165) is 0 Å². The number of rotatable bonds is 3. The van der Waals surface area contributed by atoms with E-state index in [-0.39, 0.29) is 123 Å². The maximum atomic E-state index is 9.37. The van der Waals surface area contributed by atoms with Crippen LogP contribution in [0.3, 0.4) is 0 Å². The molecule has 0 heterocycles. The number of hydrogen-bond donors (Lipinski definition) is 0. The standard InChI is InChI=1S/2K.H2O8S2.Pd/c;;1-9(2,3)7-8-10(4,5)6;/h;;(H,1,2,3)(H,4,5,6);/q2*+1;;/p-2. The van der Waals surface area contributed by atoms with Gasteiger partial charge in [-0.25, -0.2) is 16.8 Å². The molecule has 0 unspecified atom stereocenters. The Balaban J connectivity index is -0.000000135. The van der Waals surface area contributed by atoms with Crippen LogP contribution in [0.15, 0.2) is 0 Å². The summed E-state index contributed by atoms with van der Waals surface area (Å²) in [6.45, 7) is 0. The Hall–Kier alpha value is 3.68. The van der Waals surface area contributed by atoms with Crippen molar-refractivity contribution in [1.29, 1.82) is 0 Å². The van der Waals surface area contributed by atoms with Gasteiger partial charge in [-0.2, -0.15) is 0 Å². The largest absolute Gasteiger partial charge is 1.00 e. The van der Waals surface area contributed by atoms with Crippen LogP contribution < -0.4 is 103 Å². The first kappa shape index (κ1) is 25.5. The zero-order chi connectivity index (χ0) is 8.41. The molecule has 13 heteroatoms. The molecule has 0 spiro atoms. The van der Waals surface area contributed by atoms with Crippen molar-refractivity contribution in [3.05, 3.63) is 0 Å². The molecule has 13 heavy (non-hydrogen) atoms. The SMILES string of the molecule is O=S(=O)([O-])OOS(=O)(=O)[O-].[K+].[K+].[Pd]. The normalized spacial score (nSPS) is 10.3. The van der Waals surface area contributed by atoms with Crippen molar-refractivity contribution in [3.63, 3.8) is 0 Å². The summed E-state index contributed by atoms with van der Waals surface area (Å²) in [5, 5.41) is 0. The van der Waals surface area contributed by atoms with E-state index in [2.05, 4.69) is 8.67 Å². The van der Waals surface area contributed by atoms with Gasteiger partial charge >= 0.3 is 103 Å². The van der Waals surface area contributed by atoms with E-state index >= 15 is 0 Å². The zero-order valence-corrected chi connectivity index (χ0v) is 15.8. The molecule has 0 aliphatic heterocycles. The molecule has 0 amide bonds. The Morgan fingerprint density at radius 3 is 1.00 bits per heavy atom. The Bertz CT molecular complexity index is 256. The summed E-state index contributed by atoms with van der Waals surface area (Å²) >= 11 is 0. The van der Waals surface area contributed by atoms with Crippen LogP contribution in [0, 0.1) is 0 Å². The molecule has 0 aromatic rings. The van der Waals surface area contributed by atoms with Gasteiger partial charge in [-0.05, 0) is 0 Å². The summed E-state index contributed by atoms with van der Waals surface area (Å²) in [4.78, 5) is 0. The first-order valence-corrected chi connectivity index (χ1v) is 4.17. The average molecular weight is 377 g/mol. The summed E-state index contributed by atoms with van der Waals surface area (Å²) in [7, 11) is -10.6. The van der Waals surface area contributed by atoms with Crippen LogP contribution in [0.4, 0.5) is 0 Å². The van der Waals surface area contributed by atoms with Gasteiger partial charge in [0.1, 0.15) is 0 Å². The molecule has 0 N–H and O–H groups in total. The minimum atomic E-state index is -5.31. The summed E-state index contributed by atoms with van der Waals surface area (Å²) in [6.07, 6.45) is 0. The summed E-state index contributed by atoms with van der Waals surface area (Å²) < 4.78 is 61.5. The zero-order valence-electron chi connectivity index (χ0n) is 6.40. The van der Waals surface area contributed by atoms with E-state index in [9.17, 15) is 25.9 Å². The quantitative estimate of drug-likeness (QED) is 0.156. The van der Waals surface area contributed by atoms with Crippen LogP contribution >= 0.6 is 0 Å². The van der Waals surface area contributed by atoms with Crippen molar-refractivity contribution in [3.8, 4) is 0 Å². The van der Waals surface area contributed by atoms with Crippen molar-refractivity contribution in [2.75, 3.05) is 0 Å². The minimum absolute atomic E-state index is 0. The van der Waals surface area contributed by atoms with Gasteiger partial charge in [0.2, 0.25) is 20.8 Å². The topological polar surface area (TPSA) is 133 Å². The molecule has 0 fully saturated rings. The van der Waals surface area contributed by atoms with Crippen LogP contribution in [-0.2, 0) is 49.9 Å². The van der Waals surface area contributed by atoms with Crippen molar-refractivity contribution in [2.24, 2.45) is 0 Å².